The highest BCUT2D eigenvalue weighted by atomic mass is 15.2. The predicted molar refractivity (Wildman–Crippen MR) is 55.8 cm³/mol. The first-order chi connectivity index (χ1) is 6.23. The molecule has 1 spiro atoms. The Morgan fingerprint density at radius 2 is 1.69 bits per heavy atom. The van der Waals surface area contributed by atoms with Gasteiger partial charge in [-0.05, 0) is 52.4 Å². The van der Waals surface area contributed by atoms with Gasteiger partial charge in [0, 0.05) is 5.54 Å². The topological polar surface area (TPSA) is 6.48 Å². The van der Waals surface area contributed by atoms with E-state index < -0.39 is 0 Å². The minimum atomic E-state index is 0.366. The largest absolute Gasteiger partial charge is 0.348 e. The summed E-state index contributed by atoms with van der Waals surface area (Å²) in [6.07, 6.45) is 6.50. The fraction of sp³-hybridized carbons (Fsp3) is 1.00. The third-order valence-electron chi connectivity index (χ3n) is 3.82. The molecule has 0 aromatic rings. The molecule has 3 heteroatoms. The zero-order valence-electron chi connectivity index (χ0n) is 8.63. The second-order valence-corrected chi connectivity index (χ2v) is 4.68. The van der Waals surface area contributed by atoms with Crippen molar-refractivity contribution in [3.63, 3.8) is 0 Å². The van der Waals surface area contributed by atoms with E-state index in [4.69, 9.17) is 7.98 Å². The van der Waals surface area contributed by atoms with Gasteiger partial charge >= 0.3 is 0 Å². The van der Waals surface area contributed by atoms with Crippen molar-refractivity contribution in [3.8, 4) is 0 Å². The highest BCUT2D eigenvalue weighted by Gasteiger charge is 2.37. The second kappa shape index (κ2) is 3.62. The lowest BCUT2D eigenvalue weighted by atomic mass is 9.77. The van der Waals surface area contributed by atoms with E-state index in [0.717, 1.165) is 6.54 Å². The van der Waals surface area contributed by atoms with Crippen LogP contribution in [0.5, 0.6) is 0 Å². The van der Waals surface area contributed by atoms with Crippen LogP contribution in [0, 0.1) is 0 Å². The normalized spacial score (nSPS) is 30.8. The molecule has 2 nitrogen and oxygen atoms in total. The Morgan fingerprint density at radius 1 is 1.00 bits per heavy atom. The molecule has 2 heterocycles. The Bertz CT molecular complexity index is 176. The lowest BCUT2D eigenvalue weighted by Gasteiger charge is -2.50. The number of rotatable bonds is 0. The van der Waals surface area contributed by atoms with Gasteiger partial charge in [0.15, 0.2) is 7.98 Å². The van der Waals surface area contributed by atoms with Crippen molar-refractivity contribution in [2.24, 2.45) is 0 Å². The summed E-state index contributed by atoms with van der Waals surface area (Å²) in [7, 11) is 8.31. The first-order valence-electron chi connectivity index (χ1n) is 5.44. The van der Waals surface area contributed by atoms with Gasteiger partial charge < -0.3 is 9.71 Å². The van der Waals surface area contributed by atoms with Crippen molar-refractivity contribution < 1.29 is 0 Å². The second-order valence-electron chi connectivity index (χ2n) is 4.68. The van der Waals surface area contributed by atoms with E-state index in [2.05, 4.69) is 16.8 Å². The summed E-state index contributed by atoms with van der Waals surface area (Å²) in [5.41, 5.74) is 0.366. The molecule has 0 bridgehead atoms. The SMILES string of the molecule is [B]N1CCCCC12CCN(C)CC2. The maximum absolute atomic E-state index is 6.10. The van der Waals surface area contributed by atoms with E-state index in [1.165, 1.54) is 45.2 Å². The summed E-state index contributed by atoms with van der Waals surface area (Å²) in [6, 6.07) is 0. The maximum atomic E-state index is 6.10. The number of likely N-dealkylation sites (tertiary alicyclic amines) is 1. The van der Waals surface area contributed by atoms with Crippen molar-refractivity contribution >= 4 is 7.98 Å². The van der Waals surface area contributed by atoms with Crippen LogP contribution in [0.15, 0.2) is 0 Å². The van der Waals surface area contributed by atoms with E-state index in [1.54, 1.807) is 0 Å². The molecule has 0 atom stereocenters. The van der Waals surface area contributed by atoms with Gasteiger partial charge in [-0.1, -0.05) is 6.42 Å². The Labute approximate surface area is 82.7 Å². The van der Waals surface area contributed by atoms with Crippen molar-refractivity contribution in [2.75, 3.05) is 26.7 Å². The maximum Gasteiger partial charge on any atom is 0.183 e. The van der Waals surface area contributed by atoms with Gasteiger partial charge in [0.1, 0.15) is 0 Å². The molecule has 0 saturated carbocycles. The third kappa shape index (κ3) is 1.77. The molecule has 2 rings (SSSR count). The molecule has 0 aromatic carbocycles. The molecule has 0 aromatic heterocycles. The molecule has 2 fully saturated rings. The standard InChI is InChI=1S/C10H19BN2/c1-12-8-5-10(6-9-12)4-2-3-7-13(10)11/h2-9H2,1H3. The van der Waals surface area contributed by atoms with Crippen LogP contribution in [-0.2, 0) is 0 Å². The Kier molecular flexibility index (Phi) is 2.66. The summed E-state index contributed by atoms with van der Waals surface area (Å²) in [4.78, 5) is 4.54. The molecule has 13 heavy (non-hydrogen) atoms. The third-order valence-corrected chi connectivity index (χ3v) is 3.82. The lowest BCUT2D eigenvalue weighted by Crippen LogP contribution is -2.56. The molecule has 2 radical (unpaired) electrons. The molecular formula is C10H19BN2. The number of hydrogen-bond donors (Lipinski definition) is 0. The Morgan fingerprint density at radius 3 is 2.31 bits per heavy atom. The first-order valence-corrected chi connectivity index (χ1v) is 5.44. The van der Waals surface area contributed by atoms with Gasteiger partial charge in [0.05, 0.1) is 0 Å². The van der Waals surface area contributed by atoms with Crippen LogP contribution in [0.1, 0.15) is 32.1 Å². The number of hydrogen-bond acceptors (Lipinski definition) is 2. The van der Waals surface area contributed by atoms with E-state index >= 15 is 0 Å². The summed E-state index contributed by atoms with van der Waals surface area (Å²) < 4.78 is 0. The Balaban J connectivity index is 2.01. The zero-order chi connectivity index (χ0) is 9.31. The number of piperidine rings is 2. The molecule has 2 aliphatic heterocycles. The van der Waals surface area contributed by atoms with Gasteiger partial charge in [-0.2, -0.15) is 0 Å². The molecule has 0 N–H and O–H groups in total. The van der Waals surface area contributed by atoms with E-state index in [0.29, 0.717) is 5.54 Å². The van der Waals surface area contributed by atoms with Crippen LogP contribution in [0.4, 0.5) is 0 Å². The fourth-order valence-electron chi connectivity index (χ4n) is 2.69. The van der Waals surface area contributed by atoms with Gasteiger partial charge in [-0.3, -0.25) is 0 Å². The quantitative estimate of drug-likeness (QED) is 0.511. The van der Waals surface area contributed by atoms with Crippen LogP contribution in [0.25, 0.3) is 0 Å². The highest BCUT2D eigenvalue weighted by molar-refractivity contribution is 6.05. The van der Waals surface area contributed by atoms with Crippen molar-refractivity contribution in [2.45, 2.75) is 37.6 Å². The molecule has 0 aliphatic carbocycles. The smallest absolute Gasteiger partial charge is 0.183 e. The number of nitrogens with zero attached hydrogens (tertiary/aromatic N) is 2. The first kappa shape index (κ1) is 9.54. The van der Waals surface area contributed by atoms with Crippen molar-refractivity contribution in [1.29, 1.82) is 0 Å². The fourth-order valence-corrected chi connectivity index (χ4v) is 2.69. The minimum absolute atomic E-state index is 0.366. The molecule has 72 valence electrons. The average Bonchev–Trinajstić information content (AvgIpc) is 2.15. The summed E-state index contributed by atoms with van der Waals surface area (Å²) >= 11 is 0. The van der Waals surface area contributed by atoms with Gasteiger partial charge in [-0.15, -0.1) is 0 Å². The average molecular weight is 178 g/mol. The molecular weight excluding hydrogens is 159 g/mol. The van der Waals surface area contributed by atoms with Crippen LogP contribution in [0.2, 0.25) is 0 Å². The van der Waals surface area contributed by atoms with Crippen LogP contribution < -0.4 is 0 Å². The zero-order valence-corrected chi connectivity index (χ0v) is 8.63. The van der Waals surface area contributed by atoms with Crippen molar-refractivity contribution in [1.82, 2.24) is 9.71 Å². The molecule has 2 aliphatic rings. The predicted octanol–water partition coefficient (Wildman–Crippen LogP) is 1.02. The monoisotopic (exact) mass is 178 g/mol. The van der Waals surface area contributed by atoms with Gasteiger partial charge in [0.25, 0.3) is 0 Å². The Hall–Kier alpha value is -0.0151. The minimum Gasteiger partial charge on any atom is -0.348 e. The summed E-state index contributed by atoms with van der Waals surface area (Å²) in [5.74, 6) is 0. The van der Waals surface area contributed by atoms with E-state index in [1.807, 2.05) is 0 Å². The molecule has 0 unspecified atom stereocenters. The van der Waals surface area contributed by atoms with Gasteiger partial charge in [0.2, 0.25) is 0 Å². The van der Waals surface area contributed by atoms with Crippen LogP contribution in [-0.4, -0.2) is 49.9 Å². The summed E-state index contributed by atoms with van der Waals surface area (Å²) in [6.45, 7) is 3.53. The van der Waals surface area contributed by atoms with E-state index in [-0.39, 0.29) is 0 Å². The highest BCUT2D eigenvalue weighted by Crippen LogP contribution is 2.35. The van der Waals surface area contributed by atoms with Crippen LogP contribution in [0.3, 0.4) is 0 Å². The van der Waals surface area contributed by atoms with E-state index in [9.17, 15) is 0 Å². The van der Waals surface area contributed by atoms with Crippen LogP contribution >= 0.6 is 0 Å². The molecule has 2 saturated heterocycles. The molecule has 0 amide bonds. The van der Waals surface area contributed by atoms with Crippen molar-refractivity contribution in [3.05, 3.63) is 0 Å². The summed E-state index contributed by atoms with van der Waals surface area (Å²) in [5, 5.41) is 0. The lowest BCUT2D eigenvalue weighted by molar-refractivity contribution is 0.0588. The van der Waals surface area contributed by atoms with Gasteiger partial charge in [-0.25, -0.2) is 0 Å².